The second-order valence-electron chi connectivity index (χ2n) is 8.00. The van der Waals surface area contributed by atoms with Gasteiger partial charge in [0.25, 0.3) is 0 Å². The molecular weight excluding hydrogens is 248 g/mol. The third kappa shape index (κ3) is 3.55. The summed E-state index contributed by atoms with van der Waals surface area (Å²) in [4.78, 5) is 14.9. The van der Waals surface area contributed by atoms with Crippen molar-refractivity contribution in [2.45, 2.75) is 77.7 Å². The number of rotatable bonds is 1. The average molecular weight is 280 g/mol. The monoisotopic (exact) mass is 280 g/mol. The lowest BCUT2D eigenvalue weighted by molar-refractivity contribution is -0.138. The topological polar surface area (TPSA) is 46.3 Å². The molecule has 2 aliphatic rings. The molecule has 20 heavy (non-hydrogen) atoms. The molecule has 2 N–H and O–H groups in total. The maximum Gasteiger partial charge on any atom is 0.242 e. The van der Waals surface area contributed by atoms with Crippen LogP contribution in [0.3, 0.4) is 0 Å². The zero-order valence-corrected chi connectivity index (χ0v) is 13.6. The fourth-order valence-corrected chi connectivity index (χ4v) is 3.88. The molecule has 1 amide bonds. The Morgan fingerprint density at radius 2 is 1.70 bits per heavy atom. The second kappa shape index (κ2) is 6.05. The van der Waals surface area contributed by atoms with Gasteiger partial charge < -0.3 is 10.6 Å². The first-order valence-corrected chi connectivity index (χ1v) is 8.41. The summed E-state index contributed by atoms with van der Waals surface area (Å²) in [5.74, 6) is 0.951. The molecular formula is C17H32N2O. The van der Waals surface area contributed by atoms with Crippen LogP contribution in [0, 0.1) is 11.3 Å². The summed E-state index contributed by atoms with van der Waals surface area (Å²) in [6, 6.07) is 0. The summed E-state index contributed by atoms with van der Waals surface area (Å²) in [5, 5.41) is 0. The molecule has 116 valence electrons. The summed E-state index contributed by atoms with van der Waals surface area (Å²) in [7, 11) is 0. The summed E-state index contributed by atoms with van der Waals surface area (Å²) in [6.45, 7) is 8.77. The van der Waals surface area contributed by atoms with Gasteiger partial charge in [-0.3, -0.25) is 4.79 Å². The van der Waals surface area contributed by atoms with Crippen LogP contribution in [0.1, 0.15) is 72.1 Å². The van der Waals surface area contributed by atoms with E-state index in [0.29, 0.717) is 5.41 Å². The standard InChI is InChI=1S/C17H32N2O/c1-16(2,3)14-8-7-12-19(13-9-14)15(20)17(18)10-5-4-6-11-17/h14H,4-13,18H2,1-3H3. The third-order valence-corrected chi connectivity index (χ3v) is 5.41. The van der Waals surface area contributed by atoms with Crippen LogP contribution in [-0.2, 0) is 4.79 Å². The van der Waals surface area contributed by atoms with Crippen molar-refractivity contribution in [3.8, 4) is 0 Å². The molecule has 1 atom stereocenters. The van der Waals surface area contributed by atoms with Gasteiger partial charge in [-0.25, -0.2) is 0 Å². The zero-order valence-electron chi connectivity index (χ0n) is 13.6. The minimum atomic E-state index is -0.556. The Bertz CT molecular complexity index is 339. The van der Waals surface area contributed by atoms with Crippen molar-refractivity contribution < 1.29 is 4.79 Å². The van der Waals surface area contributed by atoms with Crippen LogP contribution in [0.15, 0.2) is 0 Å². The SMILES string of the molecule is CC(C)(C)C1CCCN(C(=O)C2(N)CCCCC2)CC1. The molecule has 2 rings (SSSR count). The van der Waals surface area contributed by atoms with Crippen molar-refractivity contribution in [2.75, 3.05) is 13.1 Å². The first-order valence-electron chi connectivity index (χ1n) is 8.41. The van der Waals surface area contributed by atoms with Crippen LogP contribution in [0.2, 0.25) is 0 Å². The van der Waals surface area contributed by atoms with E-state index in [4.69, 9.17) is 5.73 Å². The molecule has 1 unspecified atom stereocenters. The number of nitrogens with zero attached hydrogens (tertiary/aromatic N) is 1. The van der Waals surface area contributed by atoms with E-state index in [1.807, 2.05) is 0 Å². The Kier molecular flexibility index (Phi) is 4.78. The van der Waals surface area contributed by atoms with Gasteiger partial charge in [-0.15, -0.1) is 0 Å². The lowest BCUT2D eigenvalue weighted by Crippen LogP contribution is -2.56. The van der Waals surface area contributed by atoms with E-state index in [9.17, 15) is 4.79 Å². The van der Waals surface area contributed by atoms with Crippen LogP contribution < -0.4 is 5.73 Å². The highest BCUT2D eigenvalue weighted by molar-refractivity contribution is 5.86. The number of hydrogen-bond acceptors (Lipinski definition) is 2. The molecule has 0 bridgehead atoms. The fraction of sp³-hybridized carbons (Fsp3) is 0.941. The Balaban J connectivity index is 1.98. The summed E-state index contributed by atoms with van der Waals surface area (Å²) < 4.78 is 0. The van der Waals surface area contributed by atoms with Gasteiger partial charge in [0.15, 0.2) is 0 Å². The van der Waals surface area contributed by atoms with E-state index in [1.165, 1.54) is 12.8 Å². The largest absolute Gasteiger partial charge is 0.341 e. The molecule has 3 nitrogen and oxygen atoms in total. The summed E-state index contributed by atoms with van der Waals surface area (Å²) >= 11 is 0. The Morgan fingerprint density at radius 3 is 2.30 bits per heavy atom. The number of likely N-dealkylation sites (tertiary alicyclic amines) is 1. The van der Waals surface area contributed by atoms with Crippen molar-refractivity contribution in [3.05, 3.63) is 0 Å². The second-order valence-corrected chi connectivity index (χ2v) is 8.00. The van der Waals surface area contributed by atoms with Gasteiger partial charge in [0.05, 0.1) is 5.54 Å². The van der Waals surface area contributed by atoms with Gasteiger partial charge >= 0.3 is 0 Å². The fourth-order valence-electron chi connectivity index (χ4n) is 3.88. The predicted octanol–water partition coefficient (Wildman–Crippen LogP) is 3.32. The normalized spacial score (nSPS) is 28.0. The van der Waals surface area contributed by atoms with Crippen molar-refractivity contribution in [1.82, 2.24) is 4.90 Å². The molecule has 3 heteroatoms. The highest BCUT2D eigenvalue weighted by Gasteiger charge is 2.39. The third-order valence-electron chi connectivity index (χ3n) is 5.41. The van der Waals surface area contributed by atoms with Crippen molar-refractivity contribution in [2.24, 2.45) is 17.1 Å². The zero-order chi connectivity index (χ0) is 14.8. The molecule has 0 aromatic carbocycles. The van der Waals surface area contributed by atoms with Crippen molar-refractivity contribution in [3.63, 3.8) is 0 Å². The van der Waals surface area contributed by atoms with E-state index in [0.717, 1.165) is 57.5 Å². The molecule has 1 saturated heterocycles. The van der Waals surface area contributed by atoms with Crippen LogP contribution in [0.4, 0.5) is 0 Å². The van der Waals surface area contributed by atoms with Gasteiger partial charge in [0, 0.05) is 13.1 Å². The lowest BCUT2D eigenvalue weighted by atomic mass is 9.76. The maximum atomic E-state index is 12.8. The van der Waals surface area contributed by atoms with E-state index >= 15 is 0 Å². The highest BCUT2D eigenvalue weighted by atomic mass is 16.2. The number of carbonyl (C=O) groups excluding carboxylic acids is 1. The van der Waals surface area contributed by atoms with Gasteiger partial charge in [-0.2, -0.15) is 0 Å². The molecule has 0 spiro atoms. The minimum Gasteiger partial charge on any atom is -0.341 e. The first-order chi connectivity index (χ1) is 9.33. The Hall–Kier alpha value is -0.570. The summed E-state index contributed by atoms with van der Waals surface area (Å²) in [5.41, 5.74) is 6.21. The molecule has 1 aliphatic carbocycles. The molecule has 2 fully saturated rings. The molecule has 1 saturated carbocycles. The first kappa shape index (κ1) is 15.8. The maximum absolute atomic E-state index is 12.8. The average Bonchev–Trinajstić information content (AvgIpc) is 2.64. The van der Waals surface area contributed by atoms with Gasteiger partial charge in [-0.1, -0.05) is 40.0 Å². The van der Waals surface area contributed by atoms with Gasteiger partial charge in [0.1, 0.15) is 0 Å². The van der Waals surface area contributed by atoms with Crippen LogP contribution >= 0.6 is 0 Å². The smallest absolute Gasteiger partial charge is 0.242 e. The summed E-state index contributed by atoms with van der Waals surface area (Å²) in [6.07, 6.45) is 8.72. The van der Waals surface area contributed by atoms with Gasteiger partial charge in [0.2, 0.25) is 5.91 Å². The van der Waals surface area contributed by atoms with E-state index in [-0.39, 0.29) is 5.91 Å². The van der Waals surface area contributed by atoms with Crippen LogP contribution in [0.25, 0.3) is 0 Å². The molecule has 0 radical (unpaired) electrons. The van der Waals surface area contributed by atoms with Crippen molar-refractivity contribution >= 4 is 5.91 Å². The van der Waals surface area contributed by atoms with E-state index in [2.05, 4.69) is 25.7 Å². The highest BCUT2D eigenvalue weighted by Crippen LogP contribution is 2.35. The van der Waals surface area contributed by atoms with Crippen LogP contribution in [0.5, 0.6) is 0 Å². The number of amides is 1. The van der Waals surface area contributed by atoms with Crippen LogP contribution in [-0.4, -0.2) is 29.4 Å². The quantitative estimate of drug-likeness (QED) is 0.801. The number of hydrogen-bond donors (Lipinski definition) is 1. The van der Waals surface area contributed by atoms with Gasteiger partial charge in [-0.05, 0) is 43.4 Å². The lowest BCUT2D eigenvalue weighted by Gasteiger charge is -2.37. The Labute approximate surface area is 124 Å². The van der Waals surface area contributed by atoms with Crippen molar-refractivity contribution in [1.29, 1.82) is 0 Å². The minimum absolute atomic E-state index is 0.228. The predicted molar refractivity (Wildman–Crippen MR) is 83.4 cm³/mol. The van der Waals surface area contributed by atoms with E-state index < -0.39 is 5.54 Å². The number of nitrogens with two attached hydrogens (primary N) is 1. The molecule has 0 aromatic rings. The number of carbonyl (C=O) groups is 1. The van der Waals surface area contributed by atoms with E-state index in [1.54, 1.807) is 0 Å². The molecule has 0 aromatic heterocycles. The molecule has 1 aliphatic heterocycles. The Morgan fingerprint density at radius 1 is 1.05 bits per heavy atom. The molecule has 1 heterocycles.